The van der Waals surface area contributed by atoms with E-state index in [4.69, 9.17) is 4.74 Å². The van der Waals surface area contributed by atoms with Crippen LogP contribution in [0.15, 0.2) is 24.3 Å². The molecule has 2 N–H and O–H groups in total. The fourth-order valence-corrected chi connectivity index (χ4v) is 4.11. The van der Waals surface area contributed by atoms with E-state index in [1.807, 2.05) is 18.2 Å². The Morgan fingerprint density at radius 3 is 2.96 bits per heavy atom. The van der Waals surface area contributed by atoms with Gasteiger partial charge in [0.15, 0.2) is 0 Å². The number of ether oxygens (including phenoxy) is 1. The first-order valence-corrected chi connectivity index (χ1v) is 9.14. The number of nitrogens with zero attached hydrogens (tertiary/aromatic N) is 2. The van der Waals surface area contributed by atoms with Gasteiger partial charge in [-0.1, -0.05) is 19.9 Å². The van der Waals surface area contributed by atoms with Crippen molar-refractivity contribution in [2.45, 2.75) is 33.1 Å². The van der Waals surface area contributed by atoms with Crippen LogP contribution >= 0.6 is 0 Å². The summed E-state index contributed by atoms with van der Waals surface area (Å²) in [4.78, 5) is 16.9. The van der Waals surface area contributed by atoms with E-state index in [-0.39, 0.29) is 6.09 Å². The molecule has 1 aliphatic heterocycles. The SMILES string of the molecule is CC1(C)CCc2c(-c3cc4ccc(N5CCOC5=O)cc4[nH]3)n[nH]c2C1. The van der Waals surface area contributed by atoms with Crippen molar-refractivity contribution in [3.8, 4) is 11.4 Å². The number of fused-ring (bicyclic) bond motifs is 2. The maximum Gasteiger partial charge on any atom is 0.414 e. The molecule has 0 bridgehead atoms. The summed E-state index contributed by atoms with van der Waals surface area (Å²) >= 11 is 0. The first-order chi connectivity index (χ1) is 12.5. The molecule has 1 aromatic carbocycles. The second-order valence-electron chi connectivity index (χ2n) is 8.09. The molecule has 1 saturated heterocycles. The number of cyclic esters (lactones) is 1. The third-order valence-corrected chi connectivity index (χ3v) is 5.59. The van der Waals surface area contributed by atoms with Crippen molar-refractivity contribution in [2.75, 3.05) is 18.1 Å². The van der Waals surface area contributed by atoms with E-state index < -0.39 is 0 Å². The zero-order valence-electron chi connectivity index (χ0n) is 15.1. The number of benzene rings is 1. The Hall–Kier alpha value is -2.76. The second kappa shape index (κ2) is 5.37. The van der Waals surface area contributed by atoms with Gasteiger partial charge in [0, 0.05) is 27.8 Å². The Balaban J connectivity index is 1.53. The molecule has 2 aromatic heterocycles. The van der Waals surface area contributed by atoms with Crippen molar-refractivity contribution in [1.29, 1.82) is 0 Å². The number of amides is 1. The van der Waals surface area contributed by atoms with Gasteiger partial charge in [0.1, 0.15) is 12.3 Å². The van der Waals surface area contributed by atoms with Gasteiger partial charge in [-0.15, -0.1) is 0 Å². The molecular formula is C20H22N4O2. The smallest absolute Gasteiger partial charge is 0.414 e. The Labute approximate surface area is 151 Å². The first-order valence-electron chi connectivity index (χ1n) is 9.14. The summed E-state index contributed by atoms with van der Waals surface area (Å²) in [6.45, 7) is 5.66. The molecule has 26 heavy (non-hydrogen) atoms. The van der Waals surface area contributed by atoms with Crippen LogP contribution in [0.5, 0.6) is 0 Å². The summed E-state index contributed by atoms with van der Waals surface area (Å²) in [6.07, 6.45) is 2.99. The van der Waals surface area contributed by atoms with Gasteiger partial charge < -0.3 is 9.72 Å². The highest BCUT2D eigenvalue weighted by atomic mass is 16.6. The molecule has 6 nitrogen and oxygen atoms in total. The number of H-pyrrole nitrogens is 2. The van der Waals surface area contributed by atoms with E-state index >= 15 is 0 Å². The summed E-state index contributed by atoms with van der Waals surface area (Å²) < 4.78 is 5.04. The number of carbonyl (C=O) groups excluding carboxylic acids is 1. The van der Waals surface area contributed by atoms with Crippen molar-refractivity contribution >= 4 is 22.7 Å². The molecule has 0 unspecified atom stereocenters. The van der Waals surface area contributed by atoms with E-state index in [2.05, 4.69) is 35.1 Å². The monoisotopic (exact) mass is 350 g/mol. The minimum absolute atomic E-state index is 0.278. The van der Waals surface area contributed by atoms with Gasteiger partial charge in [0.2, 0.25) is 0 Å². The number of hydrogen-bond acceptors (Lipinski definition) is 3. The molecule has 1 amide bonds. The zero-order chi connectivity index (χ0) is 17.9. The normalized spacial score (nSPS) is 19.0. The summed E-state index contributed by atoms with van der Waals surface area (Å²) in [5.74, 6) is 0. The lowest BCUT2D eigenvalue weighted by molar-refractivity contribution is 0.181. The molecule has 6 heteroatoms. The molecule has 5 rings (SSSR count). The molecule has 3 aromatic rings. The van der Waals surface area contributed by atoms with Crippen molar-refractivity contribution < 1.29 is 9.53 Å². The van der Waals surface area contributed by atoms with E-state index in [9.17, 15) is 4.79 Å². The molecule has 3 heterocycles. The number of carbonyl (C=O) groups is 1. The first kappa shape index (κ1) is 15.5. The lowest BCUT2D eigenvalue weighted by atomic mass is 9.76. The molecule has 2 aliphatic rings. The lowest BCUT2D eigenvalue weighted by Gasteiger charge is -2.28. The molecular weight excluding hydrogens is 328 g/mol. The topological polar surface area (TPSA) is 74.0 Å². The molecule has 1 aliphatic carbocycles. The highest BCUT2D eigenvalue weighted by molar-refractivity contribution is 5.94. The van der Waals surface area contributed by atoms with Crippen molar-refractivity contribution in [3.63, 3.8) is 0 Å². The molecule has 134 valence electrons. The largest absolute Gasteiger partial charge is 0.447 e. The van der Waals surface area contributed by atoms with E-state index in [1.165, 1.54) is 17.7 Å². The van der Waals surface area contributed by atoms with Gasteiger partial charge >= 0.3 is 6.09 Å². The van der Waals surface area contributed by atoms with Crippen LogP contribution in [0.2, 0.25) is 0 Å². The van der Waals surface area contributed by atoms with Crippen LogP contribution in [0.4, 0.5) is 10.5 Å². The third kappa shape index (κ3) is 2.40. The highest BCUT2D eigenvalue weighted by Crippen LogP contribution is 2.38. The number of anilines is 1. The van der Waals surface area contributed by atoms with Crippen molar-refractivity contribution in [2.24, 2.45) is 5.41 Å². The zero-order valence-corrected chi connectivity index (χ0v) is 15.1. The molecule has 0 saturated carbocycles. The molecule has 0 spiro atoms. The molecule has 1 fully saturated rings. The minimum Gasteiger partial charge on any atom is -0.447 e. The Kier molecular flexibility index (Phi) is 3.20. The van der Waals surface area contributed by atoms with Crippen LogP contribution in [0, 0.1) is 5.41 Å². The third-order valence-electron chi connectivity index (χ3n) is 5.59. The quantitative estimate of drug-likeness (QED) is 0.733. The molecule has 0 radical (unpaired) electrons. The Morgan fingerprint density at radius 2 is 2.15 bits per heavy atom. The maximum absolute atomic E-state index is 11.8. The van der Waals surface area contributed by atoms with Gasteiger partial charge in [-0.2, -0.15) is 5.10 Å². The van der Waals surface area contributed by atoms with Gasteiger partial charge in [0.25, 0.3) is 0 Å². The molecule has 0 atom stereocenters. The highest BCUT2D eigenvalue weighted by Gasteiger charge is 2.29. The fraction of sp³-hybridized carbons (Fsp3) is 0.400. The Bertz CT molecular complexity index is 1010. The van der Waals surface area contributed by atoms with E-state index in [0.717, 1.165) is 40.8 Å². The van der Waals surface area contributed by atoms with E-state index in [1.54, 1.807) is 4.90 Å². The van der Waals surface area contributed by atoms with Gasteiger partial charge in [-0.3, -0.25) is 10.00 Å². The summed E-state index contributed by atoms with van der Waals surface area (Å²) in [6, 6.07) is 8.15. The summed E-state index contributed by atoms with van der Waals surface area (Å²) in [5.41, 5.74) is 6.84. The number of nitrogens with one attached hydrogen (secondary N) is 2. The Morgan fingerprint density at radius 1 is 1.27 bits per heavy atom. The predicted octanol–water partition coefficient (Wildman–Crippen LogP) is 4.03. The predicted molar refractivity (Wildman–Crippen MR) is 100 cm³/mol. The summed E-state index contributed by atoms with van der Waals surface area (Å²) in [7, 11) is 0. The van der Waals surface area contributed by atoms with Gasteiger partial charge in [-0.05, 0) is 42.9 Å². The van der Waals surface area contributed by atoms with Gasteiger partial charge in [-0.25, -0.2) is 4.79 Å². The minimum atomic E-state index is -0.278. The number of aromatic amines is 2. The second-order valence-corrected chi connectivity index (χ2v) is 8.09. The number of aromatic nitrogens is 3. The van der Waals surface area contributed by atoms with Crippen LogP contribution in [0.1, 0.15) is 31.5 Å². The van der Waals surface area contributed by atoms with Crippen LogP contribution in [0.3, 0.4) is 0 Å². The lowest BCUT2D eigenvalue weighted by Crippen LogP contribution is -2.23. The van der Waals surface area contributed by atoms with Crippen LogP contribution in [0.25, 0.3) is 22.3 Å². The number of hydrogen-bond donors (Lipinski definition) is 2. The van der Waals surface area contributed by atoms with Crippen LogP contribution in [-0.2, 0) is 17.6 Å². The van der Waals surface area contributed by atoms with E-state index in [0.29, 0.717) is 18.6 Å². The number of rotatable bonds is 2. The van der Waals surface area contributed by atoms with Crippen LogP contribution in [-0.4, -0.2) is 34.4 Å². The summed E-state index contributed by atoms with van der Waals surface area (Å²) in [5, 5.41) is 8.96. The van der Waals surface area contributed by atoms with Gasteiger partial charge in [0.05, 0.1) is 12.2 Å². The van der Waals surface area contributed by atoms with Crippen molar-refractivity contribution in [1.82, 2.24) is 15.2 Å². The average Bonchev–Trinajstić information content (AvgIpc) is 3.29. The fourth-order valence-electron chi connectivity index (χ4n) is 4.11. The van der Waals surface area contributed by atoms with Crippen molar-refractivity contribution in [3.05, 3.63) is 35.5 Å². The van der Waals surface area contributed by atoms with Crippen LogP contribution < -0.4 is 4.90 Å². The maximum atomic E-state index is 11.8. The average molecular weight is 350 g/mol. The standard InChI is InChI=1S/C20H22N4O2/c1-20(2)6-5-14-17(11-20)22-23-18(14)16-9-12-3-4-13(10-15(12)21-16)24-7-8-26-19(24)25/h3-4,9-10,21H,5-8,11H2,1-2H3,(H,22,23).